The van der Waals surface area contributed by atoms with Gasteiger partial charge in [-0.15, -0.1) is 0 Å². The summed E-state index contributed by atoms with van der Waals surface area (Å²) in [6, 6.07) is 14.9. The molecule has 1 saturated heterocycles. The van der Waals surface area contributed by atoms with E-state index in [1.807, 2.05) is 36.4 Å². The zero-order valence-electron chi connectivity index (χ0n) is 15.0. The predicted octanol–water partition coefficient (Wildman–Crippen LogP) is 2.69. The van der Waals surface area contributed by atoms with Crippen LogP contribution in [0.1, 0.15) is 10.4 Å². The van der Waals surface area contributed by atoms with E-state index >= 15 is 0 Å². The van der Waals surface area contributed by atoms with Gasteiger partial charge in [0.05, 0.1) is 25.9 Å². The van der Waals surface area contributed by atoms with Crippen LogP contribution in [0.15, 0.2) is 48.5 Å². The average Bonchev–Trinajstić information content (AvgIpc) is 2.70. The van der Waals surface area contributed by atoms with E-state index in [1.54, 1.807) is 19.2 Å². The number of ether oxygens (including phenoxy) is 2. The van der Waals surface area contributed by atoms with Crippen molar-refractivity contribution < 1.29 is 14.3 Å². The Morgan fingerprint density at radius 1 is 1.08 bits per heavy atom. The molecule has 1 amide bonds. The van der Waals surface area contributed by atoms with Gasteiger partial charge in [-0.1, -0.05) is 12.1 Å². The van der Waals surface area contributed by atoms with Gasteiger partial charge in [-0.3, -0.25) is 9.69 Å². The third kappa shape index (κ3) is 4.97. The highest BCUT2D eigenvalue weighted by Gasteiger charge is 2.12. The minimum absolute atomic E-state index is 0.185. The van der Waals surface area contributed by atoms with Gasteiger partial charge < -0.3 is 20.1 Å². The van der Waals surface area contributed by atoms with Gasteiger partial charge in [0.1, 0.15) is 5.75 Å². The number of amides is 1. The summed E-state index contributed by atoms with van der Waals surface area (Å²) in [6.07, 6.45) is 0. The third-order valence-electron chi connectivity index (χ3n) is 4.36. The first-order valence-corrected chi connectivity index (χ1v) is 8.84. The summed E-state index contributed by atoms with van der Waals surface area (Å²) in [5.41, 5.74) is 2.30. The van der Waals surface area contributed by atoms with Gasteiger partial charge in [-0.25, -0.2) is 0 Å². The Hall–Kier alpha value is -2.57. The van der Waals surface area contributed by atoms with Crippen LogP contribution >= 0.6 is 0 Å². The number of para-hydroxylation sites is 1. The Kier molecular flexibility index (Phi) is 6.46. The van der Waals surface area contributed by atoms with E-state index in [0.29, 0.717) is 11.3 Å². The Labute approximate surface area is 154 Å². The van der Waals surface area contributed by atoms with Crippen molar-refractivity contribution in [3.63, 3.8) is 0 Å². The number of morpholine rings is 1. The summed E-state index contributed by atoms with van der Waals surface area (Å²) >= 11 is 0. The molecule has 3 rings (SSSR count). The summed E-state index contributed by atoms with van der Waals surface area (Å²) in [7, 11) is 1.56. The second kappa shape index (κ2) is 9.22. The highest BCUT2D eigenvalue weighted by atomic mass is 16.5. The van der Waals surface area contributed by atoms with Crippen molar-refractivity contribution in [2.24, 2.45) is 0 Å². The van der Waals surface area contributed by atoms with Gasteiger partial charge in [0.25, 0.3) is 5.91 Å². The van der Waals surface area contributed by atoms with Gasteiger partial charge in [0.15, 0.2) is 0 Å². The first-order valence-electron chi connectivity index (χ1n) is 8.84. The third-order valence-corrected chi connectivity index (χ3v) is 4.36. The Morgan fingerprint density at radius 2 is 1.77 bits per heavy atom. The Morgan fingerprint density at radius 3 is 2.50 bits per heavy atom. The van der Waals surface area contributed by atoms with Crippen molar-refractivity contribution in [3.05, 3.63) is 54.1 Å². The molecule has 2 aromatic carbocycles. The molecule has 0 bridgehead atoms. The highest BCUT2D eigenvalue weighted by Crippen LogP contribution is 2.20. The number of hydrogen-bond acceptors (Lipinski definition) is 5. The van der Waals surface area contributed by atoms with Crippen LogP contribution in [0, 0.1) is 0 Å². The molecule has 2 aromatic rings. The van der Waals surface area contributed by atoms with E-state index in [1.165, 1.54) is 0 Å². The fraction of sp³-hybridized carbons (Fsp3) is 0.350. The topological polar surface area (TPSA) is 62.8 Å². The number of anilines is 2. The van der Waals surface area contributed by atoms with E-state index < -0.39 is 0 Å². The Bertz CT molecular complexity index is 712. The first-order chi connectivity index (χ1) is 12.8. The lowest BCUT2D eigenvalue weighted by atomic mass is 10.2. The zero-order chi connectivity index (χ0) is 18.2. The van der Waals surface area contributed by atoms with E-state index in [2.05, 4.69) is 15.5 Å². The molecular weight excluding hydrogens is 330 g/mol. The average molecular weight is 355 g/mol. The van der Waals surface area contributed by atoms with Crippen molar-refractivity contribution in [1.82, 2.24) is 4.90 Å². The summed E-state index contributed by atoms with van der Waals surface area (Å²) < 4.78 is 10.6. The largest absolute Gasteiger partial charge is 0.496 e. The number of rotatable bonds is 7. The summed E-state index contributed by atoms with van der Waals surface area (Å²) in [6.45, 7) is 5.51. The minimum atomic E-state index is -0.185. The monoisotopic (exact) mass is 355 g/mol. The maximum atomic E-state index is 12.4. The number of carbonyl (C=O) groups excluding carboxylic acids is 1. The molecule has 6 heteroatoms. The Balaban J connectivity index is 1.50. The molecule has 2 N–H and O–H groups in total. The maximum Gasteiger partial charge on any atom is 0.259 e. The molecule has 0 saturated carbocycles. The van der Waals surface area contributed by atoms with Crippen LogP contribution < -0.4 is 15.4 Å². The van der Waals surface area contributed by atoms with Gasteiger partial charge in [0, 0.05) is 37.6 Å². The summed E-state index contributed by atoms with van der Waals surface area (Å²) in [5, 5.41) is 6.31. The van der Waals surface area contributed by atoms with Crippen LogP contribution in [-0.2, 0) is 4.74 Å². The molecule has 0 spiro atoms. The number of nitrogens with one attached hydrogen (secondary N) is 2. The van der Waals surface area contributed by atoms with Crippen LogP contribution in [0.3, 0.4) is 0 Å². The number of hydrogen-bond donors (Lipinski definition) is 2. The predicted molar refractivity (Wildman–Crippen MR) is 103 cm³/mol. The van der Waals surface area contributed by atoms with Crippen LogP contribution in [-0.4, -0.2) is 57.3 Å². The molecule has 138 valence electrons. The van der Waals surface area contributed by atoms with Crippen molar-refractivity contribution >= 4 is 17.3 Å². The molecule has 26 heavy (non-hydrogen) atoms. The van der Waals surface area contributed by atoms with Crippen LogP contribution in [0.5, 0.6) is 5.75 Å². The molecule has 1 aliphatic heterocycles. The molecule has 1 fully saturated rings. The molecule has 0 unspecified atom stereocenters. The molecular formula is C20H25N3O3. The quantitative estimate of drug-likeness (QED) is 0.800. The van der Waals surface area contributed by atoms with Crippen molar-refractivity contribution in [1.29, 1.82) is 0 Å². The SMILES string of the molecule is COc1ccccc1C(=O)Nc1ccc(NCCN2CCOCC2)cc1. The highest BCUT2D eigenvalue weighted by molar-refractivity contribution is 6.06. The van der Waals surface area contributed by atoms with Gasteiger partial charge in [0.2, 0.25) is 0 Å². The fourth-order valence-electron chi connectivity index (χ4n) is 2.89. The molecule has 0 atom stereocenters. The standard InChI is InChI=1S/C20H25N3O3/c1-25-19-5-3-2-4-18(19)20(24)22-17-8-6-16(7-9-17)21-10-11-23-12-14-26-15-13-23/h2-9,21H,10-15H2,1H3,(H,22,24). The number of nitrogens with zero attached hydrogens (tertiary/aromatic N) is 1. The number of carbonyl (C=O) groups is 1. The minimum Gasteiger partial charge on any atom is -0.496 e. The lowest BCUT2D eigenvalue weighted by Gasteiger charge is -2.26. The van der Waals surface area contributed by atoms with E-state index in [-0.39, 0.29) is 5.91 Å². The number of methoxy groups -OCH3 is 1. The van der Waals surface area contributed by atoms with E-state index in [4.69, 9.17) is 9.47 Å². The van der Waals surface area contributed by atoms with Crippen LogP contribution in [0.4, 0.5) is 11.4 Å². The van der Waals surface area contributed by atoms with Crippen LogP contribution in [0.25, 0.3) is 0 Å². The number of benzene rings is 2. The van der Waals surface area contributed by atoms with E-state index in [0.717, 1.165) is 50.8 Å². The summed E-state index contributed by atoms with van der Waals surface area (Å²) in [5.74, 6) is 0.377. The molecule has 1 aliphatic rings. The zero-order valence-corrected chi connectivity index (χ0v) is 15.0. The first kappa shape index (κ1) is 18.2. The lowest BCUT2D eigenvalue weighted by Crippen LogP contribution is -2.38. The van der Waals surface area contributed by atoms with Crippen molar-refractivity contribution in [2.45, 2.75) is 0 Å². The second-order valence-electron chi connectivity index (χ2n) is 6.11. The second-order valence-corrected chi connectivity index (χ2v) is 6.11. The lowest BCUT2D eigenvalue weighted by molar-refractivity contribution is 0.0398. The van der Waals surface area contributed by atoms with Gasteiger partial charge >= 0.3 is 0 Å². The molecule has 6 nitrogen and oxygen atoms in total. The fourth-order valence-corrected chi connectivity index (χ4v) is 2.89. The smallest absolute Gasteiger partial charge is 0.259 e. The van der Waals surface area contributed by atoms with Crippen LogP contribution in [0.2, 0.25) is 0 Å². The molecule has 0 aliphatic carbocycles. The maximum absolute atomic E-state index is 12.4. The summed E-state index contributed by atoms with van der Waals surface area (Å²) in [4.78, 5) is 14.8. The van der Waals surface area contributed by atoms with Gasteiger partial charge in [-0.05, 0) is 36.4 Å². The van der Waals surface area contributed by atoms with Crippen molar-refractivity contribution in [2.75, 3.05) is 57.1 Å². The molecule has 1 heterocycles. The van der Waals surface area contributed by atoms with E-state index in [9.17, 15) is 4.79 Å². The van der Waals surface area contributed by atoms with Crippen molar-refractivity contribution in [3.8, 4) is 5.75 Å². The molecule has 0 aromatic heterocycles. The normalized spacial score (nSPS) is 14.7. The van der Waals surface area contributed by atoms with Gasteiger partial charge in [-0.2, -0.15) is 0 Å². The molecule has 0 radical (unpaired) electrons.